The van der Waals surface area contributed by atoms with Crippen LogP contribution >= 0.6 is 23.2 Å². The molecule has 0 saturated carbocycles. The zero-order valence-electron chi connectivity index (χ0n) is 17.3. The van der Waals surface area contributed by atoms with Crippen LogP contribution in [0.1, 0.15) is 24.8 Å². The van der Waals surface area contributed by atoms with E-state index in [1.54, 1.807) is 12.1 Å². The number of ether oxygens (including phenoxy) is 1. The van der Waals surface area contributed by atoms with E-state index in [0.29, 0.717) is 36.2 Å². The second-order valence-corrected chi connectivity index (χ2v) is 9.35. The lowest BCUT2D eigenvalue weighted by atomic mass is 9.90. The van der Waals surface area contributed by atoms with Gasteiger partial charge in [-0.05, 0) is 50.0 Å². The first-order chi connectivity index (χ1) is 14.6. The summed E-state index contributed by atoms with van der Waals surface area (Å²) in [5.74, 6) is 0.135. The number of benzene rings is 1. The van der Waals surface area contributed by atoms with Crippen LogP contribution in [0, 0.1) is 0 Å². The van der Waals surface area contributed by atoms with Crippen molar-refractivity contribution in [1.29, 1.82) is 0 Å². The van der Waals surface area contributed by atoms with Crippen molar-refractivity contribution >= 4 is 29.1 Å². The Hall–Kier alpha value is -0.890. The molecule has 3 aliphatic rings. The van der Waals surface area contributed by atoms with Gasteiger partial charge in [-0.15, -0.1) is 0 Å². The Morgan fingerprint density at radius 3 is 2.57 bits per heavy atom. The van der Waals surface area contributed by atoms with E-state index < -0.39 is 0 Å². The minimum atomic E-state index is 0.111. The molecule has 3 atom stereocenters. The van der Waals surface area contributed by atoms with Gasteiger partial charge in [-0.1, -0.05) is 29.3 Å². The molecule has 0 aliphatic carbocycles. The molecule has 1 amide bonds. The summed E-state index contributed by atoms with van der Waals surface area (Å²) in [6.45, 7) is 5.99. The number of aliphatic hydroxyl groups is 1. The second kappa shape index (κ2) is 10.2. The molecule has 4 rings (SSSR count). The van der Waals surface area contributed by atoms with Crippen molar-refractivity contribution in [2.45, 2.75) is 43.8 Å². The maximum Gasteiger partial charge on any atom is 0.227 e. The number of carbonyl (C=O) groups is 1. The van der Waals surface area contributed by atoms with E-state index in [1.165, 1.54) is 12.8 Å². The highest BCUT2D eigenvalue weighted by atomic mass is 35.5. The van der Waals surface area contributed by atoms with Crippen LogP contribution in [0.25, 0.3) is 0 Å². The van der Waals surface area contributed by atoms with E-state index in [9.17, 15) is 9.90 Å². The third kappa shape index (κ3) is 4.79. The summed E-state index contributed by atoms with van der Waals surface area (Å²) in [4.78, 5) is 20.4. The average molecular weight is 456 g/mol. The molecule has 166 valence electrons. The van der Waals surface area contributed by atoms with E-state index >= 15 is 0 Å². The van der Waals surface area contributed by atoms with E-state index in [-0.39, 0.29) is 30.6 Å². The minimum absolute atomic E-state index is 0.111. The van der Waals surface area contributed by atoms with E-state index in [0.717, 1.165) is 38.2 Å². The van der Waals surface area contributed by atoms with Gasteiger partial charge in [0.2, 0.25) is 5.91 Å². The summed E-state index contributed by atoms with van der Waals surface area (Å²) in [6, 6.07) is 5.92. The fourth-order valence-corrected chi connectivity index (χ4v) is 5.53. The molecule has 1 N–H and O–H groups in total. The molecule has 30 heavy (non-hydrogen) atoms. The quantitative estimate of drug-likeness (QED) is 0.712. The number of piperazine rings is 1. The van der Waals surface area contributed by atoms with Crippen LogP contribution < -0.4 is 0 Å². The molecule has 1 aromatic rings. The molecule has 3 fully saturated rings. The van der Waals surface area contributed by atoms with Gasteiger partial charge in [0, 0.05) is 26.2 Å². The Balaban J connectivity index is 1.55. The Kier molecular flexibility index (Phi) is 7.55. The summed E-state index contributed by atoms with van der Waals surface area (Å²) >= 11 is 12.2. The van der Waals surface area contributed by atoms with Crippen molar-refractivity contribution in [2.75, 3.05) is 52.5 Å². The van der Waals surface area contributed by atoms with Gasteiger partial charge in [0.25, 0.3) is 0 Å². The van der Waals surface area contributed by atoms with Crippen molar-refractivity contribution < 1.29 is 14.6 Å². The minimum Gasteiger partial charge on any atom is -0.396 e. The Morgan fingerprint density at radius 1 is 1.07 bits per heavy atom. The van der Waals surface area contributed by atoms with Crippen LogP contribution in [-0.2, 0) is 16.0 Å². The molecule has 1 unspecified atom stereocenters. The monoisotopic (exact) mass is 455 g/mol. The lowest BCUT2D eigenvalue weighted by molar-refractivity contribution is -0.152. The van der Waals surface area contributed by atoms with Gasteiger partial charge in [0.1, 0.15) is 0 Å². The summed E-state index contributed by atoms with van der Waals surface area (Å²) in [6.07, 6.45) is 3.48. The fraction of sp³-hybridized carbons (Fsp3) is 0.682. The molecule has 0 aromatic heterocycles. The highest BCUT2D eigenvalue weighted by Gasteiger charge is 2.47. The van der Waals surface area contributed by atoms with Crippen LogP contribution in [0.3, 0.4) is 0 Å². The maximum atomic E-state index is 13.4. The van der Waals surface area contributed by atoms with Gasteiger partial charge in [0.15, 0.2) is 0 Å². The lowest BCUT2D eigenvalue weighted by Gasteiger charge is -2.54. The summed E-state index contributed by atoms with van der Waals surface area (Å²) in [5.41, 5.74) is 0.887. The molecule has 0 bridgehead atoms. The van der Waals surface area contributed by atoms with Crippen LogP contribution in [0.5, 0.6) is 0 Å². The first-order valence-electron chi connectivity index (χ1n) is 11.0. The van der Waals surface area contributed by atoms with Gasteiger partial charge >= 0.3 is 0 Å². The molecule has 6 nitrogen and oxygen atoms in total. The van der Waals surface area contributed by atoms with Crippen LogP contribution in [0.4, 0.5) is 0 Å². The number of hydrogen-bond donors (Lipinski definition) is 1. The van der Waals surface area contributed by atoms with Crippen LogP contribution in [0.15, 0.2) is 18.2 Å². The smallest absolute Gasteiger partial charge is 0.227 e. The number of carbonyl (C=O) groups excluding carboxylic acids is 1. The van der Waals surface area contributed by atoms with E-state index in [2.05, 4.69) is 14.7 Å². The predicted molar refractivity (Wildman–Crippen MR) is 118 cm³/mol. The van der Waals surface area contributed by atoms with Crippen molar-refractivity contribution in [3.05, 3.63) is 33.8 Å². The number of fused-ring (bicyclic) bond motifs is 1. The SMILES string of the molecule is O=C(Cc1ccc(Cl)c(Cl)c1)N1CCN(CCCO)C2COC[C@H](N3CCCC3)[C@H]21. The first-order valence-corrected chi connectivity index (χ1v) is 11.7. The predicted octanol–water partition coefficient (Wildman–Crippen LogP) is 2.29. The summed E-state index contributed by atoms with van der Waals surface area (Å²) in [7, 11) is 0. The number of likely N-dealkylation sites (tertiary alicyclic amines) is 1. The number of hydrogen-bond acceptors (Lipinski definition) is 5. The van der Waals surface area contributed by atoms with E-state index in [4.69, 9.17) is 27.9 Å². The lowest BCUT2D eigenvalue weighted by Crippen LogP contribution is -2.71. The Morgan fingerprint density at radius 2 is 1.83 bits per heavy atom. The third-order valence-electron chi connectivity index (χ3n) is 6.70. The van der Waals surface area contributed by atoms with Crippen LogP contribution in [-0.4, -0.2) is 96.4 Å². The largest absolute Gasteiger partial charge is 0.396 e. The fourth-order valence-electron chi connectivity index (χ4n) is 5.21. The normalized spacial score (nSPS) is 28.0. The first kappa shape index (κ1) is 22.3. The third-order valence-corrected chi connectivity index (χ3v) is 7.43. The Labute approximate surface area is 188 Å². The molecular weight excluding hydrogens is 425 g/mol. The number of aliphatic hydroxyl groups excluding tert-OH is 1. The zero-order valence-corrected chi connectivity index (χ0v) is 18.8. The van der Waals surface area contributed by atoms with Crippen molar-refractivity contribution in [3.8, 4) is 0 Å². The molecule has 1 aromatic carbocycles. The maximum absolute atomic E-state index is 13.4. The zero-order chi connectivity index (χ0) is 21.1. The topological polar surface area (TPSA) is 56.3 Å². The van der Waals surface area contributed by atoms with Crippen molar-refractivity contribution in [1.82, 2.24) is 14.7 Å². The number of nitrogens with zero attached hydrogens (tertiary/aromatic N) is 3. The van der Waals surface area contributed by atoms with Crippen molar-refractivity contribution in [3.63, 3.8) is 0 Å². The molecular formula is C22H31Cl2N3O3. The van der Waals surface area contributed by atoms with Gasteiger partial charge in [0.05, 0.1) is 47.8 Å². The van der Waals surface area contributed by atoms with Gasteiger partial charge < -0.3 is 14.7 Å². The Bertz CT molecular complexity index is 744. The van der Waals surface area contributed by atoms with Crippen LogP contribution in [0.2, 0.25) is 10.0 Å². The molecule has 8 heteroatoms. The number of rotatable bonds is 6. The average Bonchev–Trinajstić information content (AvgIpc) is 3.29. The number of halogens is 2. The van der Waals surface area contributed by atoms with Crippen molar-refractivity contribution in [2.24, 2.45) is 0 Å². The van der Waals surface area contributed by atoms with E-state index in [1.807, 2.05) is 6.07 Å². The molecule has 3 saturated heterocycles. The highest BCUT2D eigenvalue weighted by Crippen LogP contribution is 2.30. The van der Waals surface area contributed by atoms with Gasteiger partial charge in [-0.2, -0.15) is 0 Å². The van der Waals surface area contributed by atoms with Gasteiger partial charge in [-0.25, -0.2) is 0 Å². The number of amides is 1. The molecule has 3 aliphatic heterocycles. The summed E-state index contributed by atoms with van der Waals surface area (Å²) < 4.78 is 6.03. The molecule has 0 radical (unpaired) electrons. The van der Waals surface area contributed by atoms with Gasteiger partial charge in [-0.3, -0.25) is 14.6 Å². The standard InChI is InChI=1S/C22H31Cl2N3O3/c23-17-5-4-16(12-18(17)24)13-21(29)27-10-9-26(8-3-11-28)20-15-30-14-19(22(20)27)25-6-1-2-7-25/h4-5,12,19-20,22,28H,1-3,6-11,13-15H2/t19-,20?,22+/m0/s1. The molecule has 0 spiro atoms. The highest BCUT2D eigenvalue weighted by molar-refractivity contribution is 6.42. The second-order valence-electron chi connectivity index (χ2n) is 8.53. The summed E-state index contributed by atoms with van der Waals surface area (Å²) in [5, 5.41) is 10.3. The molecule has 3 heterocycles.